The molecule has 0 saturated carbocycles. The van der Waals surface area contributed by atoms with Gasteiger partial charge in [-0.05, 0) is 11.1 Å². The lowest BCUT2D eigenvalue weighted by Crippen LogP contribution is -2.00. The Hall–Kier alpha value is -2.04. The first kappa shape index (κ1) is 11.1. The predicted octanol–water partition coefficient (Wildman–Crippen LogP) is 3.94. The monoisotopic (exact) mass is 254 g/mol. The zero-order chi connectivity index (χ0) is 12.9. The van der Waals surface area contributed by atoms with Crippen LogP contribution in [0.1, 0.15) is 11.1 Å². The van der Waals surface area contributed by atoms with E-state index >= 15 is 0 Å². The van der Waals surface area contributed by atoms with Crippen molar-refractivity contribution >= 4 is 0 Å². The standard InChI is InChI=1S/C13H6F4O/c14-10-9-7-4-2-1-3-6(7)5-8(9)13(18-17)12(16)11(10)15/h1-4H,5H2. The van der Waals surface area contributed by atoms with Crippen LogP contribution < -0.4 is 4.94 Å². The smallest absolute Gasteiger partial charge is 0.214 e. The first-order valence-electron chi connectivity index (χ1n) is 5.21. The predicted molar refractivity (Wildman–Crippen MR) is 56.3 cm³/mol. The van der Waals surface area contributed by atoms with Crippen molar-refractivity contribution in [1.29, 1.82) is 0 Å². The average molecular weight is 254 g/mol. The highest BCUT2D eigenvalue weighted by Gasteiger charge is 2.32. The minimum absolute atomic E-state index is 0.00454. The highest BCUT2D eigenvalue weighted by molar-refractivity contribution is 5.79. The van der Waals surface area contributed by atoms with Crippen molar-refractivity contribution in [2.45, 2.75) is 6.42 Å². The van der Waals surface area contributed by atoms with E-state index in [0.717, 1.165) is 0 Å². The van der Waals surface area contributed by atoms with Gasteiger partial charge < -0.3 is 0 Å². The minimum atomic E-state index is -1.72. The molecule has 0 saturated heterocycles. The van der Waals surface area contributed by atoms with Crippen LogP contribution >= 0.6 is 0 Å². The SMILES string of the molecule is FOc1c(F)c(F)c(F)c2c1Cc1ccccc1-2. The van der Waals surface area contributed by atoms with Crippen LogP contribution in [0.3, 0.4) is 0 Å². The van der Waals surface area contributed by atoms with Crippen LogP contribution in [0.25, 0.3) is 11.1 Å². The van der Waals surface area contributed by atoms with Gasteiger partial charge in [-0.25, -0.2) is 8.78 Å². The molecule has 0 fully saturated rings. The van der Waals surface area contributed by atoms with Gasteiger partial charge in [-0.3, -0.25) is 4.94 Å². The maximum atomic E-state index is 13.8. The van der Waals surface area contributed by atoms with Crippen molar-refractivity contribution in [3.63, 3.8) is 0 Å². The Morgan fingerprint density at radius 3 is 2.39 bits per heavy atom. The van der Waals surface area contributed by atoms with Crippen LogP contribution in [0.15, 0.2) is 24.3 Å². The molecule has 0 aromatic heterocycles. The molecule has 1 nitrogen and oxygen atoms in total. The maximum Gasteiger partial charge on any atom is 0.214 e. The van der Waals surface area contributed by atoms with E-state index in [-0.39, 0.29) is 17.5 Å². The first-order valence-corrected chi connectivity index (χ1v) is 5.21. The van der Waals surface area contributed by atoms with E-state index in [4.69, 9.17) is 0 Å². The molecule has 0 bridgehead atoms. The van der Waals surface area contributed by atoms with Crippen LogP contribution in [-0.2, 0) is 6.42 Å². The molecule has 1 aliphatic rings. The van der Waals surface area contributed by atoms with E-state index in [1.807, 2.05) is 0 Å². The summed E-state index contributed by atoms with van der Waals surface area (Å²) in [4.78, 5) is 3.37. The van der Waals surface area contributed by atoms with Crippen molar-refractivity contribution < 1.29 is 22.6 Å². The van der Waals surface area contributed by atoms with Crippen molar-refractivity contribution in [3.8, 4) is 16.9 Å². The molecule has 0 amide bonds. The molecule has 0 aliphatic heterocycles. The van der Waals surface area contributed by atoms with Crippen molar-refractivity contribution in [3.05, 3.63) is 52.8 Å². The summed E-state index contributed by atoms with van der Waals surface area (Å²) in [5.41, 5.74) is 0.976. The van der Waals surface area contributed by atoms with Crippen molar-refractivity contribution in [2.24, 2.45) is 0 Å². The lowest BCUT2D eigenvalue weighted by Gasteiger charge is -2.08. The summed E-state index contributed by atoms with van der Waals surface area (Å²) in [5, 5.41) is 0. The summed E-state index contributed by atoms with van der Waals surface area (Å²) in [7, 11) is 0. The summed E-state index contributed by atoms with van der Waals surface area (Å²) >= 11 is 0. The Balaban J connectivity index is 2.39. The third kappa shape index (κ3) is 1.27. The fourth-order valence-corrected chi connectivity index (χ4v) is 2.32. The molecule has 92 valence electrons. The number of hydrogen-bond acceptors (Lipinski definition) is 1. The second-order valence-electron chi connectivity index (χ2n) is 4.04. The molecular weight excluding hydrogens is 248 g/mol. The van der Waals surface area contributed by atoms with E-state index in [0.29, 0.717) is 11.1 Å². The lowest BCUT2D eigenvalue weighted by atomic mass is 10.0. The average Bonchev–Trinajstić information content (AvgIpc) is 2.76. The van der Waals surface area contributed by atoms with Crippen molar-refractivity contribution in [2.75, 3.05) is 0 Å². The molecule has 0 unspecified atom stereocenters. The van der Waals surface area contributed by atoms with Crippen LogP contribution in [0.4, 0.5) is 17.7 Å². The van der Waals surface area contributed by atoms with Crippen molar-refractivity contribution in [1.82, 2.24) is 0 Å². The van der Waals surface area contributed by atoms with Gasteiger partial charge in [0.1, 0.15) is 0 Å². The van der Waals surface area contributed by atoms with Gasteiger partial charge in [0, 0.05) is 22.1 Å². The number of benzene rings is 2. The second kappa shape index (κ2) is 3.73. The normalized spacial score (nSPS) is 12.2. The van der Waals surface area contributed by atoms with Crippen LogP contribution in [0.2, 0.25) is 0 Å². The van der Waals surface area contributed by atoms with Crippen LogP contribution in [0.5, 0.6) is 5.75 Å². The molecule has 0 radical (unpaired) electrons. The van der Waals surface area contributed by atoms with Gasteiger partial charge in [-0.15, -0.1) is 0 Å². The molecule has 2 aromatic rings. The molecule has 0 heterocycles. The summed E-state index contributed by atoms with van der Waals surface area (Å²) in [6.45, 7) is 0. The van der Waals surface area contributed by atoms with Gasteiger partial charge in [0.15, 0.2) is 11.6 Å². The largest absolute Gasteiger partial charge is 0.291 e. The summed E-state index contributed by atoms with van der Waals surface area (Å²) in [6, 6.07) is 6.62. The summed E-state index contributed by atoms with van der Waals surface area (Å²) < 4.78 is 52.8. The molecule has 1 aliphatic carbocycles. The quantitative estimate of drug-likeness (QED) is 0.472. The fraction of sp³-hybridized carbons (Fsp3) is 0.0769. The van der Waals surface area contributed by atoms with Crippen LogP contribution in [-0.4, -0.2) is 0 Å². The Morgan fingerprint density at radius 1 is 0.944 bits per heavy atom. The van der Waals surface area contributed by atoms with E-state index in [2.05, 4.69) is 4.94 Å². The zero-order valence-corrected chi connectivity index (χ0v) is 8.94. The number of fused-ring (bicyclic) bond motifs is 3. The summed E-state index contributed by atoms with van der Waals surface area (Å²) in [6.07, 6.45) is 0.110. The minimum Gasteiger partial charge on any atom is -0.291 e. The molecule has 2 aromatic carbocycles. The Bertz CT molecular complexity index is 652. The third-order valence-electron chi connectivity index (χ3n) is 3.11. The van der Waals surface area contributed by atoms with Gasteiger partial charge in [-0.1, -0.05) is 24.3 Å². The van der Waals surface area contributed by atoms with Gasteiger partial charge in [0.05, 0.1) is 0 Å². The lowest BCUT2D eigenvalue weighted by molar-refractivity contribution is -0.0125. The molecular formula is C13H6F4O. The summed E-state index contributed by atoms with van der Waals surface area (Å²) in [5.74, 6) is -5.55. The van der Waals surface area contributed by atoms with Gasteiger partial charge in [0.2, 0.25) is 11.6 Å². The number of hydrogen-bond donors (Lipinski definition) is 0. The molecule has 0 atom stereocenters. The van der Waals surface area contributed by atoms with Gasteiger partial charge >= 0.3 is 0 Å². The molecule has 5 heteroatoms. The third-order valence-corrected chi connectivity index (χ3v) is 3.11. The maximum absolute atomic E-state index is 13.8. The van der Waals surface area contributed by atoms with Gasteiger partial charge in [-0.2, -0.15) is 4.39 Å². The van der Waals surface area contributed by atoms with Gasteiger partial charge in [0.25, 0.3) is 0 Å². The number of rotatable bonds is 1. The molecule has 3 rings (SSSR count). The Morgan fingerprint density at radius 2 is 1.67 bits per heavy atom. The van der Waals surface area contributed by atoms with Crippen LogP contribution in [0, 0.1) is 17.5 Å². The molecule has 0 N–H and O–H groups in total. The Labute approximate surface area is 99.5 Å². The van der Waals surface area contributed by atoms with E-state index < -0.39 is 23.2 Å². The fourth-order valence-electron chi connectivity index (χ4n) is 2.32. The second-order valence-corrected chi connectivity index (χ2v) is 4.04. The topological polar surface area (TPSA) is 9.23 Å². The first-order chi connectivity index (χ1) is 8.65. The Kier molecular flexibility index (Phi) is 2.29. The highest BCUT2D eigenvalue weighted by atomic mass is 19.3. The zero-order valence-electron chi connectivity index (χ0n) is 8.94. The highest BCUT2D eigenvalue weighted by Crippen LogP contribution is 2.45. The molecule has 0 spiro atoms. The van der Waals surface area contributed by atoms with E-state index in [9.17, 15) is 17.7 Å². The molecule has 18 heavy (non-hydrogen) atoms. The van der Waals surface area contributed by atoms with E-state index in [1.165, 1.54) is 0 Å². The number of halogens is 4. The van der Waals surface area contributed by atoms with E-state index in [1.54, 1.807) is 24.3 Å².